The van der Waals surface area contributed by atoms with Crippen molar-refractivity contribution in [1.82, 2.24) is 0 Å². The van der Waals surface area contributed by atoms with Crippen LogP contribution < -0.4 is 0 Å². The van der Waals surface area contributed by atoms with E-state index in [4.69, 9.17) is 14.4 Å². The number of fused-ring (bicyclic) bond motifs is 1. The van der Waals surface area contributed by atoms with E-state index in [-0.39, 0.29) is 12.4 Å². The Hall–Kier alpha value is -2.28. The SMILES string of the molecule is Cc1c(C(=O)OCC#N)oc2ccccc12. The second kappa shape index (κ2) is 4.07. The number of nitrogens with zero attached hydrogens (tertiary/aromatic N) is 1. The second-order valence-corrected chi connectivity index (χ2v) is 3.29. The van der Waals surface area contributed by atoms with Gasteiger partial charge in [-0.1, -0.05) is 18.2 Å². The van der Waals surface area contributed by atoms with Crippen molar-refractivity contribution >= 4 is 16.9 Å². The fraction of sp³-hybridized carbons (Fsp3) is 0.167. The van der Waals surface area contributed by atoms with Crippen molar-refractivity contribution in [2.24, 2.45) is 0 Å². The number of carbonyl (C=O) groups excluding carboxylic acids is 1. The minimum absolute atomic E-state index is 0.163. The zero-order valence-electron chi connectivity index (χ0n) is 8.69. The average Bonchev–Trinajstić information content (AvgIpc) is 2.64. The number of hydrogen-bond donors (Lipinski definition) is 0. The van der Waals surface area contributed by atoms with E-state index in [1.54, 1.807) is 19.1 Å². The maximum Gasteiger partial charge on any atom is 0.375 e. The molecule has 0 aliphatic carbocycles. The first-order chi connectivity index (χ1) is 7.74. The number of ether oxygens (including phenoxy) is 1. The Morgan fingerprint density at radius 3 is 2.94 bits per heavy atom. The van der Waals surface area contributed by atoms with Gasteiger partial charge in [0.2, 0.25) is 5.76 Å². The Morgan fingerprint density at radius 2 is 2.25 bits per heavy atom. The van der Waals surface area contributed by atoms with Crippen LogP contribution in [0.15, 0.2) is 28.7 Å². The standard InChI is InChI=1S/C12H9NO3/c1-8-9-4-2-3-5-10(9)16-11(8)12(14)15-7-6-13/h2-5H,7H2,1H3. The molecule has 1 aromatic heterocycles. The maximum absolute atomic E-state index is 11.5. The molecular weight excluding hydrogens is 206 g/mol. The summed E-state index contributed by atoms with van der Waals surface area (Å²) in [4.78, 5) is 11.5. The van der Waals surface area contributed by atoms with E-state index in [0.717, 1.165) is 10.9 Å². The minimum atomic E-state index is -0.602. The Morgan fingerprint density at radius 1 is 1.50 bits per heavy atom. The molecule has 0 radical (unpaired) electrons. The second-order valence-electron chi connectivity index (χ2n) is 3.29. The highest BCUT2D eigenvalue weighted by molar-refractivity contribution is 5.95. The number of furan rings is 1. The van der Waals surface area contributed by atoms with Crippen LogP contribution in [-0.4, -0.2) is 12.6 Å². The monoisotopic (exact) mass is 215 g/mol. The number of benzene rings is 1. The van der Waals surface area contributed by atoms with E-state index in [2.05, 4.69) is 0 Å². The molecule has 0 N–H and O–H groups in total. The van der Waals surface area contributed by atoms with Gasteiger partial charge >= 0.3 is 5.97 Å². The van der Waals surface area contributed by atoms with Crippen molar-refractivity contribution < 1.29 is 13.9 Å². The molecule has 16 heavy (non-hydrogen) atoms. The third kappa shape index (κ3) is 1.63. The lowest BCUT2D eigenvalue weighted by Gasteiger charge is -1.96. The molecule has 0 spiro atoms. The number of nitriles is 1. The molecule has 2 rings (SSSR count). The summed E-state index contributed by atoms with van der Waals surface area (Å²) in [5.74, 6) is -0.438. The largest absolute Gasteiger partial charge is 0.449 e. The summed E-state index contributed by atoms with van der Waals surface area (Å²) >= 11 is 0. The fourth-order valence-electron chi connectivity index (χ4n) is 1.53. The Kier molecular flexibility index (Phi) is 2.61. The number of aryl methyl sites for hydroxylation is 1. The van der Waals surface area contributed by atoms with Crippen LogP contribution >= 0.6 is 0 Å². The van der Waals surface area contributed by atoms with Crippen LogP contribution in [0.25, 0.3) is 11.0 Å². The van der Waals surface area contributed by atoms with Gasteiger partial charge in [0.1, 0.15) is 11.7 Å². The molecule has 0 amide bonds. The molecule has 2 aromatic rings. The molecule has 0 atom stereocenters. The Labute approximate surface area is 92.0 Å². The van der Waals surface area contributed by atoms with Gasteiger partial charge in [-0.05, 0) is 13.0 Å². The van der Waals surface area contributed by atoms with Crippen LogP contribution in [0.5, 0.6) is 0 Å². The summed E-state index contributed by atoms with van der Waals surface area (Å²) in [7, 11) is 0. The average molecular weight is 215 g/mol. The van der Waals surface area contributed by atoms with Crippen LogP contribution in [-0.2, 0) is 4.74 Å². The first-order valence-corrected chi connectivity index (χ1v) is 4.76. The molecule has 0 aliphatic heterocycles. The van der Waals surface area contributed by atoms with E-state index in [1.807, 2.05) is 18.2 Å². The minimum Gasteiger partial charge on any atom is -0.449 e. The third-order valence-corrected chi connectivity index (χ3v) is 2.30. The van der Waals surface area contributed by atoms with E-state index in [1.165, 1.54) is 0 Å². The Balaban J connectivity index is 2.42. The molecule has 1 aromatic carbocycles. The van der Waals surface area contributed by atoms with Crippen molar-refractivity contribution in [3.8, 4) is 6.07 Å². The van der Waals surface area contributed by atoms with Crippen molar-refractivity contribution in [2.75, 3.05) is 6.61 Å². The van der Waals surface area contributed by atoms with Gasteiger partial charge < -0.3 is 9.15 Å². The summed E-state index contributed by atoms with van der Waals surface area (Å²) in [6, 6.07) is 9.09. The number of hydrogen-bond acceptors (Lipinski definition) is 4. The highest BCUT2D eigenvalue weighted by Crippen LogP contribution is 2.25. The highest BCUT2D eigenvalue weighted by Gasteiger charge is 2.18. The zero-order valence-corrected chi connectivity index (χ0v) is 8.69. The molecule has 0 unspecified atom stereocenters. The van der Waals surface area contributed by atoms with Crippen LogP contribution in [0.1, 0.15) is 16.1 Å². The quantitative estimate of drug-likeness (QED) is 0.721. The molecule has 0 saturated heterocycles. The van der Waals surface area contributed by atoms with Crippen LogP contribution in [0.3, 0.4) is 0 Å². The Bertz CT molecular complexity index is 577. The summed E-state index contributed by atoms with van der Waals surface area (Å²) in [6.07, 6.45) is 0. The molecule has 4 heteroatoms. The molecule has 0 saturated carbocycles. The van der Waals surface area contributed by atoms with Gasteiger partial charge in [0.15, 0.2) is 6.61 Å². The lowest BCUT2D eigenvalue weighted by Crippen LogP contribution is -2.05. The molecule has 0 aliphatic rings. The smallest absolute Gasteiger partial charge is 0.375 e. The van der Waals surface area contributed by atoms with E-state index in [0.29, 0.717) is 5.58 Å². The van der Waals surface area contributed by atoms with Gasteiger partial charge in [-0.3, -0.25) is 0 Å². The van der Waals surface area contributed by atoms with E-state index < -0.39 is 5.97 Å². The number of para-hydroxylation sites is 1. The molecule has 0 fully saturated rings. The van der Waals surface area contributed by atoms with Gasteiger partial charge in [0.25, 0.3) is 0 Å². The first-order valence-electron chi connectivity index (χ1n) is 4.76. The number of esters is 1. The highest BCUT2D eigenvalue weighted by atomic mass is 16.5. The topological polar surface area (TPSA) is 63.2 Å². The van der Waals surface area contributed by atoms with Crippen LogP contribution in [0, 0.1) is 18.3 Å². The summed E-state index contributed by atoms with van der Waals surface area (Å²) in [5, 5.41) is 9.19. The van der Waals surface area contributed by atoms with Crippen molar-refractivity contribution in [1.29, 1.82) is 5.26 Å². The lowest BCUT2D eigenvalue weighted by atomic mass is 10.1. The van der Waals surface area contributed by atoms with Crippen molar-refractivity contribution in [2.45, 2.75) is 6.92 Å². The number of carbonyl (C=O) groups is 1. The van der Waals surface area contributed by atoms with Gasteiger partial charge in [0.05, 0.1) is 0 Å². The summed E-state index contributed by atoms with van der Waals surface area (Å²) in [5.41, 5.74) is 1.38. The van der Waals surface area contributed by atoms with E-state index >= 15 is 0 Å². The molecule has 0 bridgehead atoms. The molecule has 1 heterocycles. The van der Waals surface area contributed by atoms with Gasteiger partial charge in [-0.25, -0.2) is 4.79 Å². The van der Waals surface area contributed by atoms with Crippen LogP contribution in [0.4, 0.5) is 0 Å². The number of rotatable bonds is 2. The van der Waals surface area contributed by atoms with E-state index in [9.17, 15) is 4.79 Å². The van der Waals surface area contributed by atoms with Gasteiger partial charge in [-0.2, -0.15) is 5.26 Å². The first kappa shape index (κ1) is 10.2. The third-order valence-electron chi connectivity index (χ3n) is 2.30. The predicted molar refractivity (Wildman–Crippen MR) is 56.8 cm³/mol. The lowest BCUT2D eigenvalue weighted by molar-refractivity contribution is 0.0520. The van der Waals surface area contributed by atoms with Crippen LogP contribution in [0.2, 0.25) is 0 Å². The molecule has 80 valence electrons. The maximum atomic E-state index is 11.5. The van der Waals surface area contributed by atoms with Gasteiger partial charge in [0, 0.05) is 10.9 Å². The molecule has 4 nitrogen and oxygen atoms in total. The summed E-state index contributed by atoms with van der Waals surface area (Å²) < 4.78 is 10.1. The van der Waals surface area contributed by atoms with Crippen molar-refractivity contribution in [3.63, 3.8) is 0 Å². The zero-order chi connectivity index (χ0) is 11.5. The van der Waals surface area contributed by atoms with Crippen molar-refractivity contribution in [3.05, 3.63) is 35.6 Å². The van der Waals surface area contributed by atoms with Gasteiger partial charge in [-0.15, -0.1) is 0 Å². The molecular formula is C12H9NO3. The fourth-order valence-corrected chi connectivity index (χ4v) is 1.53. The summed E-state index contributed by atoms with van der Waals surface area (Å²) in [6.45, 7) is 1.52. The normalized spacial score (nSPS) is 10.0. The predicted octanol–water partition coefficient (Wildman–Crippen LogP) is 2.42.